The van der Waals surface area contributed by atoms with Crippen LogP contribution in [0.1, 0.15) is 0 Å². The molecule has 13 heavy (non-hydrogen) atoms. The predicted octanol–water partition coefficient (Wildman–Crippen LogP) is 1.48. The molecule has 0 amide bonds. The van der Waals surface area contributed by atoms with Gasteiger partial charge in [0.25, 0.3) is 6.16 Å². The van der Waals surface area contributed by atoms with Gasteiger partial charge < -0.3 is 4.74 Å². The normalized spacial score (nSPS) is 12.5. The lowest BCUT2D eigenvalue weighted by Crippen LogP contribution is -2.15. The first-order chi connectivity index (χ1) is 5.85. The highest BCUT2D eigenvalue weighted by molar-refractivity contribution is 7.40. The standard InChI is InChI=1S/C5H7F3O4P/c1-11-4(9)2-13(10)12-3-5(6,7)8/h2-3H2,1H3/q+1. The summed E-state index contributed by atoms with van der Waals surface area (Å²) < 4.78 is 52.9. The largest absolute Gasteiger partial charge is 0.520 e. The zero-order valence-corrected chi connectivity index (χ0v) is 7.52. The number of esters is 1. The van der Waals surface area contributed by atoms with E-state index < -0.39 is 32.9 Å². The Morgan fingerprint density at radius 1 is 1.46 bits per heavy atom. The molecule has 0 aromatic heterocycles. The molecule has 0 bridgehead atoms. The molecular weight excluding hydrogens is 212 g/mol. The van der Waals surface area contributed by atoms with Gasteiger partial charge in [-0.3, -0.25) is 0 Å². The number of carbonyl (C=O) groups excluding carboxylic acids is 1. The van der Waals surface area contributed by atoms with E-state index in [-0.39, 0.29) is 0 Å². The third kappa shape index (κ3) is 7.67. The van der Waals surface area contributed by atoms with Gasteiger partial charge in [0.15, 0.2) is 6.61 Å². The van der Waals surface area contributed by atoms with Crippen molar-refractivity contribution in [2.24, 2.45) is 0 Å². The molecular formula is C5H7F3O4P+. The van der Waals surface area contributed by atoms with Crippen LogP contribution < -0.4 is 0 Å². The highest BCUT2D eigenvalue weighted by atomic mass is 31.1. The molecule has 0 saturated heterocycles. The SMILES string of the molecule is COC(=O)C[P+](=O)OCC(F)(F)F. The van der Waals surface area contributed by atoms with E-state index in [0.717, 1.165) is 7.11 Å². The molecule has 0 aliphatic carbocycles. The highest BCUT2D eigenvalue weighted by Gasteiger charge is 2.35. The van der Waals surface area contributed by atoms with Crippen LogP contribution in [0.4, 0.5) is 13.2 Å². The van der Waals surface area contributed by atoms with Gasteiger partial charge in [0.1, 0.15) is 0 Å². The van der Waals surface area contributed by atoms with Crippen molar-refractivity contribution in [3.63, 3.8) is 0 Å². The first-order valence-corrected chi connectivity index (χ1v) is 4.42. The third-order valence-electron chi connectivity index (χ3n) is 0.858. The summed E-state index contributed by atoms with van der Waals surface area (Å²) in [4.78, 5) is 10.4. The number of rotatable bonds is 4. The van der Waals surface area contributed by atoms with Gasteiger partial charge in [-0.15, -0.1) is 4.52 Å². The fourth-order valence-corrected chi connectivity index (χ4v) is 1.08. The minimum Gasteiger partial charge on any atom is -0.466 e. The summed E-state index contributed by atoms with van der Waals surface area (Å²) >= 11 is 0. The van der Waals surface area contributed by atoms with Gasteiger partial charge in [-0.25, -0.2) is 4.79 Å². The Labute approximate surface area is 72.9 Å². The molecule has 76 valence electrons. The Morgan fingerprint density at radius 2 is 2.00 bits per heavy atom. The summed E-state index contributed by atoms with van der Waals surface area (Å²) in [5, 5.41) is 0. The number of ether oxygens (including phenoxy) is 1. The monoisotopic (exact) mass is 219 g/mol. The molecule has 8 heteroatoms. The van der Waals surface area contributed by atoms with E-state index in [1.807, 2.05) is 0 Å². The van der Waals surface area contributed by atoms with E-state index >= 15 is 0 Å². The van der Waals surface area contributed by atoms with Crippen molar-refractivity contribution in [1.29, 1.82) is 0 Å². The van der Waals surface area contributed by atoms with Crippen molar-refractivity contribution < 1.29 is 31.8 Å². The predicted molar refractivity (Wildman–Crippen MR) is 36.5 cm³/mol. The summed E-state index contributed by atoms with van der Waals surface area (Å²) in [7, 11) is -1.60. The number of halogens is 3. The molecule has 0 aromatic rings. The minimum atomic E-state index is -4.54. The highest BCUT2D eigenvalue weighted by Crippen LogP contribution is 2.26. The van der Waals surface area contributed by atoms with Crippen molar-refractivity contribution in [3.05, 3.63) is 0 Å². The summed E-state index contributed by atoms with van der Waals surface area (Å²) in [6.45, 7) is -1.63. The molecule has 0 saturated carbocycles. The second-order valence-corrected chi connectivity index (χ2v) is 3.20. The van der Waals surface area contributed by atoms with Crippen LogP contribution in [0.2, 0.25) is 0 Å². The fourth-order valence-electron chi connectivity index (χ4n) is 0.361. The first kappa shape index (κ1) is 12.3. The maximum atomic E-state index is 11.5. The summed E-state index contributed by atoms with van der Waals surface area (Å²) in [6.07, 6.45) is -5.21. The van der Waals surface area contributed by atoms with Crippen LogP contribution in [0.15, 0.2) is 0 Å². The molecule has 4 nitrogen and oxygen atoms in total. The van der Waals surface area contributed by atoms with E-state index in [2.05, 4.69) is 9.26 Å². The van der Waals surface area contributed by atoms with Gasteiger partial charge in [-0.05, 0) is 4.57 Å². The van der Waals surface area contributed by atoms with Crippen LogP contribution >= 0.6 is 8.03 Å². The Hall–Kier alpha value is -0.680. The third-order valence-corrected chi connectivity index (χ3v) is 1.79. The molecule has 0 heterocycles. The Kier molecular flexibility index (Phi) is 4.87. The van der Waals surface area contributed by atoms with Gasteiger partial charge >= 0.3 is 20.2 Å². The van der Waals surface area contributed by atoms with Gasteiger partial charge in [0.05, 0.1) is 7.11 Å². The second-order valence-electron chi connectivity index (χ2n) is 1.96. The number of carbonyl (C=O) groups is 1. The molecule has 0 aromatic carbocycles. The molecule has 0 spiro atoms. The zero-order chi connectivity index (χ0) is 10.5. The Balaban J connectivity index is 3.70. The maximum Gasteiger partial charge on any atom is 0.520 e. The quantitative estimate of drug-likeness (QED) is 0.530. The lowest BCUT2D eigenvalue weighted by atomic mass is 10.7. The lowest BCUT2D eigenvalue weighted by Gasteiger charge is -1.98. The zero-order valence-electron chi connectivity index (χ0n) is 6.63. The van der Waals surface area contributed by atoms with E-state index in [4.69, 9.17) is 0 Å². The summed E-state index contributed by atoms with van der Waals surface area (Å²) in [6, 6.07) is 0. The van der Waals surface area contributed by atoms with Crippen molar-refractivity contribution in [2.75, 3.05) is 19.9 Å². The maximum absolute atomic E-state index is 11.5. The number of alkyl halides is 3. The van der Waals surface area contributed by atoms with Crippen molar-refractivity contribution in [2.45, 2.75) is 6.18 Å². The van der Waals surface area contributed by atoms with Gasteiger partial charge in [-0.1, -0.05) is 0 Å². The molecule has 0 fully saturated rings. The lowest BCUT2D eigenvalue weighted by molar-refractivity contribution is -0.153. The molecule has 0 N–H and O–H groups in total. The van der Waals surface area contributed by atoms with E-state index in [1.54, 1.807) is 0 Å². The number of hydrogen-bond acceptors (Lipinski definition) is 4. The molecule has 0 aliphatic heterocycles. The van der Waals surface area contributed by atoms with Crippen LogP contribution in [0.3, 0.4) is 0 Å². The summed E-state index contributed by atoms with van der Waals surface area (Å²) in [5.74, 6) is -0.872. The van der Waals surface area contributed by atoms with Crippen molar-refractivity contribution in [1.82, 2.24) is 0 Å². The molecule has 0 radical (unpaired) electrons. The van der Waals surface area contributed by atoms with Gasteiger partial charge in [-0.2, -0.15) is 13.2 Å². The Morgan fingerprint density at radius 3 is 2.38 bits per heavy atom. The number of hydrogen-bond donors (Lipinski definition) is 0. The smallest absolute Gasteiger partial charge is 0.466 e. The van der Waals surface area contributed by atoms with E-state index in [9.17, 15) is 22.5 Å². The van der Waals surface area contributed by atoms with Gasteiger partial charge in [0, 0.05) is 0 Å². The van der Waals surface area contributed by atoms with Crippen LogP contribution in [0.5, 0.6) is 0 Å². The van der Waals surface area contributed by atoms with Gasteiger partial charge in [0.2, 0.25) is 0 Å². The summed E-state index contributed by atoms with van der Waals surface area (Å²) in [5.41, 5.74) is 0. The average Bonchev–Trinajstić information content (AvgIpc) is 1.99. The van der Waals surface area contributed by atoms with E-state index in [1.165, 1.54) is 0 Å². The average molecular weight is 219 g/mol. The first-order valence-electron chi connectivity index (χ1n) is 3.06. The molecule has 0 aliphatic rings. The van der Waals surface area contributed by atoms with Crippen LogP contribution in [-0.2, 0) is 18.6 Å². The van der Waals surface area contributed by atoms with Crippen LogP contribution in [0.25, 0.3) is 0 Å². The van der Waals surface area contributed by atoms with E-state index in [0.29, 0.717) is 0 Å². The fraction of sp³-hybridized carbons (Fsp3) is 0.800. The number of methoxy groups -OCH3 is 1. The van der Waals surface area contributed by atoms with Crippen LogP contribution in [0, 0.1) is 0 Å². The second kappa shape index (κ2) is 5.14. The minimum absolute atomic E-state index is 0.665. The molecule has 0 rings (SSSR count). The molecule has 1 unspecified atom stereocenters. The van der Waals surface area contributed by atoms with Crippen molar-refractivity contribution >= 4 is 14.0 Å². The van der Waals surface area contributed by atoms with Crippen LogP contribution in [-0.4, -0.2) is 32.0 Å². The Bertz CT molecular complexity index is 202. The topological polar surface area (TPSA) is 52.6 Å². The molecule has 1 atom stereocenters. The van der Waals surface area contributed by atoms with Crippen molar-refractivity contribution in [3.8, 4) is 0 Å².